The second kappa shape index (κ2) is 11.9. The third-order valence-corrected chi connectivity index (χ3v) is 10.9. The molecular weight excluding hydrogens is 558 g/mol. The molecule has 0 radical (unpaired) electrons. The highest BCUT2D eigenvalue weighted by Crippen LogP contribution is 2.46. The molecule has 11 heteroatoms. The molecule has 1 aliphatic heterocycles. The maximum absolute atomic E-state index is 13.9. The van der Waals surface area contributed by atoms with Crippen molar-refractivity contribution in [1.29, 1.82) is 0 Å². The fourth-order valence-electron chi connectivity index (χ4n) is 7.98. The Morgan fingerprint density at radius 1 is 1.09 bits per heavy atom. The van der Waals surface area contributed by atoms with E-state index in [9.17, 15) is 19.2 Å². The average molecular weight is 604 g/mol. The van der Waals surface area contributed by atoms with Gasteiger partial charge in [-0.3, -0.25) is 19.1 Å². The van der Waals surface area contributed by atoms with E-state index in [-0.39, 0.29) is 35.1 Å². The van der Waals surface area contributed by atoms with E-state index in [4.69, 9.17) is 0 Å². The minimum atomic E-state index is -1.02. The predicted molar refractivity (Wildman–Crippen MR) is 166 cm³/mol. The molecule has 1 saturated heterocycles. The summed E-state index contributed by atoms with van der Waals surface area (Å²) in [5.74, 6) is -0.0659. The smallest absolute Gasteiger partial charge is 0.318 e. The number of anilines is 1. The van der Waals surface area contributed by atoms with Crippen LogP contribution in [0.5, 0.6) is 0 Å². The van der Waals surface area contributed by atoms with E-state index >= 15 is 0 Å². The molecule has 3 fully saturated rings. The summed E-state index contributed by atoms with van der Waals surface area (Å²) in [4.78, 5) is 55.5. The van der Waals surface area contributed by atoms with E-state index in [0.29, 0.717) is 43.2 Å². The van der Waals surface area contributed by atoms with Crippen molar-refractivity contribution < 1.29 is 19.2 Å². The number of nitrogens with zero attached hydrogens (tertiary/aromatic N) is 3. The van der Waals surface area contributed by atoms with Gasteiger partial charge in [0.15, 0.2) is 0 Å². The Kier molecular flexibility index (Phi) is 8.15. The lowest BCUT2D eigenvalue weighted by atomic mass is 9.67. The molecule has 4 aliphatic rings. The number of likely N-dealkylation sites (N-methyl/N-ethyl adjacent to an activating group) is 1. The zero-order valence-corrected chi connectivity index (χ0v) is 26.1. The minimum Gasteiger partial charge on any atom is -0.357 e. The number of hydrogen-bond donors (Lipinski definition) is 4. The van der Waals surface area contributed by atoms with Gasteiger partial charge in [0.05, 0.1) is 0 Å². The van der Waals surface area contributed by atoms with Gasteiger partial charge in [0, 0.05) is 57.3 Å². The van der Waals surface area contributed by atoms with Crippen molar-refractivity contribution in [2.24, 2.45) is 24.3 Å². The Morgan fingerprint density at radius 2 is 1.84 bits per heavy atom. The summed E-state index contributed by atoms with van der Waals surface area (Å²) >= 11 is 0. The Bertz CT molecular complexity index is 1440. The first-order valence-corrected chi connectivity index (χ1v) is 16.2. The summed E-state index contributed by atoms with van der Waals surface area (Å²) in [7, 11) is 3.33. The van der Waals surface area contributed by atoms with Crippen molar-refractivity contribution in [2.45, 2.75) is 82.7 Å². The third kappa shape index (κ3) is 5.45. The van der Waals surface area contributed by atoms with Gasteiger partial charge in [0.25, 0.3) is 5.91 Å². The summed E-state index contributed by atoms with van der Waals surface area (Å²) in [5.41, 5.74) is 1.96. The maximum Gasteiger partial charge on any atom is 0.318 e. The highest BCUT2D eigenvalue weighted by Gasteiger charge is 2.55. The molecule has 3 aliphatic carbocycles. The number of fused-ring (bicyclic) bond motifs is 1. The Hall–Kier alpha value is -3.89. The quantitative estimate of drug-likeness (QED) is 0.368. The second-order valence-corrected chi connectivity index (χ2v) is 13.5. The summed E-state index contributed by atoms with van der Waals surface area (Å²) < 4.78 is 1.51. The molecule has 2 atom stereocenters. The van der Waals surface area contributed by atoms with Crippen molar-refractivity contribution in [3.05, 3.63) is 47.3 Å². The first-order chi connectivity index (χ1) is 21.2. The van der Waals surface area contributed by atoms with Crippen LogP contribution in [0.3, 0.4) is 0 Å². The van der Waals surface area contributed by atoms with Crippen LogP contribution in [0.4, 0.5) is 10.5 Å². The number of nitrogens with one attached hydrogen (secondary N) is 4. The Balaban J connectivity index is 1.22. The standard InChI is InChI=1S/C33H45N7O4/c1-4-21-6-8-22(9-7-21)27(38-28(41)26-12-15-36-39(26)3)29(42)37-25-11-10-23-17-33(30(43)34-2,18-24(23)16-25)40-20-32(13-5-14-32)19-35-31(40)44/h10-12,15-16,21-22,27H,4-9,13-14,17-20H2,1-3H3,(H,34,43)(H,35,44)(H,37,42)(H,38,41). The molecule has 44 heavy (non-hydrogen) atoms. The van der Waals surface area contributed by atoms with Gasteiger partial charge in [-0.05, 0) is 66.8 Å². The molecule has 5 amide bonds. The van der Waals surface area contributed by atoms with Crippen LogP contribution in [-0.4, -0.2) is 70.2 Å². The molecule has 1 aromatic carbocycles. The number of hydrogen-bond acceptors (Lipinski definition) is 5. The topological polar surface area (TPSA) is 137 Å². The Labute approximate surface area is 258 Å². The monoisotopic (exact) mass is 603 g/mol. The van der Waals surface area contributed by atoms with Gasteiger partial charge in [0.1, 0.15) is 17.3 Å². The molecule has 6 rings (SSSR count). The zero-order chi connectivity index (χ0) is 31.1. The molecule has 236 valence electrons. The van der Waals surface area contributed by atoms with E-state index < -0.39 is 11.6 Å². The SMILES string of the molecule is CCC1CCC(C(NC(=O)c2ccnn2C)C(=O)Nc2ccc3c(c2)CC(C(=O)NC)(N2CC4(CCC4)CNC2=O)C3)CC1. The normalized spacial score (nSPS) is 26.2. The summed E-state index contributed by atoms with van der Waals surface area (Å²) in [6, 6.07) is 6.49. The molecule has 2 aromatic rings. The molecule has 4 N–H and O–H groups in total. The number of aryl methyl sites for hydroxylation is 1. The van der Waals surface area contributed by atoms with Crippen LogP contribution in [-0.2, 0) is 29.5 Å². The van der Waals surface area contributed by atoms with Gasteiger partial charge < -0.3 is 26.2 Å². The number of rotatable bonds is 8. The molecule has 0 bridgehead atoms. The lowest BCUT2D eigenvalue weighted by molar-refractivity contribution is -0.133. The maximum atomic E-state index is 13.9. The van der Waals surface area contributed by atoms with Crippen molar-refractivity contribution in [1.82, 2.24) is 30.6 Å². The third-order valence-electron chi connectivity index (χ3n) is 10.9. The molecule has 11 nitrogen and oxygen atoms in total. The molecule has 1 aromatic heterocycles. The first-order valence-electron chi connectivity index (χ1n) is 16.2. The van der Waals surface area contributed by atoms with E-state index in [1.54, 1.807) is 31.3 Å². The van der Waals surface area contributed by atoms with Gasteiger partial charge in [-0.2, -0.15) is 5.10 Å². The van der Waals surface area contributed by atoms with Crippen LogP contribution >= 0.6 is 0 Å². The van der Waals surface area contributed by atoms with Crippen molar-refractivity contribution in [2.75, 3.05) is 25.5 Å². The van der Waals surface area contributed by atoms with Crippen LogP contribution in [0.25, 0.3) is 0 Å². The fraction of sp³-hybridized carbons (Fsp3) is 0.606. The van der Waals surface area contributed by atoms with Crippen LogP contribution in [0.15, 0.2) is 30.5 Å². The molecule has 2 saturated carbocycles. The largest absolute Gasteiger partial charge is 0.357 e. The Morgan fingerprint density at radius 3 is 2.48 bits per heavy atom. The van der Waals surface area contributed by atoms with Crippen LogP contribution in [0, 0.1) is 17.3 Å². The summed E-state index contributed by atoms with van der Waals surface area (Å²) in [5, 5.41) is 16.1. The van der Waals surface area contributed by atoms with E-state index in [2.05, 4.69) is 33.3 Å². The number of aromatic nitrogens is 2. The second-order valence-electron chi connectivity index (χ2n) is 13.5. The molecular formula is C33H45N7O4. The molecule has 1 spiro atoms. The molecule has 2 heterocycles. The van der Waals surface area contributed by atoms with E-state index in [1.807, 2.05) is 18.2 Å². The van der Waals surface area contributed by atoms with Crippen molar-refractivity contribution in [3.63, 3.8) is 0 Å². The number of amides is 5. The van der Waals surface area contributed by atoms with Gasteiger partial charge in [-0.1, -0.05) is 38.7 Å². The lowest BCUT2D eigenvalue weighted by Gasteiger charge is -2.53. The number of carbonyl (C=O) groups is 4. The fourth-order valence-corrected chi connectivity index (χ4v) is 7.98. The minimum absolute atomic E-state index is 0.0294. The van der Waals surface area contributed by atoms with E-state index in [1.165, 1.54) is 4.68 Å². The van der Waals surface area contributed by atoms with Crippen LogP contribution in [0.2, 0.25) is 0 Å². The van der Waals surface area contributed by atoms with Crippen molar-refractivity contribution >= 4 is 29.4 Å². The van der Waals surface area contributed by atoms with Crippen molar-refractivity contribution in [3.8, 4) is 0 Å². The van der Waals surface area contributed by atoms with Crippen LogP contribution < -0.4 is 21.3 Å². The van der Waals surface area contributed by atoms with Gasteiger partial charge in [-0.25, -0.2) is 4.79 Å². The zero-order valence-electron chi connectivity index (χ0n) is 26.1. The number of urea groups is 1. The number of benzene rings is 1. The van der Waals surface area contributed by atoms with Gasteiger partial charge in [0.2, 0.25) is 11.8 Å². The average Bonchev–Trinajstić information content (AvgIpc) is 3.62. The number of carbonyl (C=O) groups excluding carboxylic acids is 4. The summed E-state index contributed by atoms with van der Waals surface area (Å²) in [6.45, 7) is 3.44. The predicted octanol–water partition coefficient (Wildman–Crippen LogP) is 3.15. The highest BCUT2D eigenvalue weighted by atomic mass is 16.2. The van der Waals surface area contributed by atoms with E-state index in [0.717, 1.165) is 62.5 Å². The van der Waals surface area contributed by atoms with Gasteiger partial charge >= 0.3 is 6.03 Å². The first kappa shape index (κ1) is 30.1. The van der Waals surface area contributed by atoms with Crippen LogP contribution in [0.1, 0.15) is 79.9 Å². The summed E-state index contributed by atoms with van der Waals surface area (Å²) in [6.07, 6.45) is 10.6. The highest BCUT2D eigenvalue weighted by molar-refractivity contribution is 6.01. The lowest BCUT2D eigenvalue weighted by Crippen LogP contribution is -2.70. The van der Waals surface area contributed by atoms with Gasteiger partial charge in [-0.15, -0.1) is 0 Å². The molecule has 2 unspecified atom stereocenters.